The Hall–Kier alpha value is -1.48. The van der Waals surface area contributed by atoms with Crippen LogP contribution in [-0.2, 0) is 0 Å². The average Bonchev–Trinajstić information content (AvgIpc) is 2.36. The molecule has 0 radical (unpaired) electrons. The molecule has 0 saturated heterocycles. The maximum atomic E-state index is 5.33. The second kappa shape index (κ2) is 6.97. The predicted octanol–water partition coefficient (Wildman–Crippen LogP) is 2.72. The van der Waals surface area contributed by atoms with Gasteiger partial charge in [-0.2, -0.15) is 0 Å². The van der Waals surface area contributed by atoms with Crippen molar-refractivity contribution in [2.75, 3.05) is 27.3 Å². The molecule has 0 saturated carbocycles. The third-order valence-electron chi connectivity index (χ3n) is 2.49. The van der Waals surface area contributed by atoms with Gasteiger partial charge in [-0.15, -0.1) is 0 Å². The van der Waals surface area contributed by atoms with Gasteiger partial charge in [0.2, 0.25) is 0 Å². The van der Waals surface area contributed by atoms with Crippen molar-refractivity contribution in [1.29, 1.82) is 0 Å². The van der Waals surface area contributed by atoms with Crippen LogP contribution in [0.4, 0.5) is 0 Å². The zero-order chi connectivity index (χ0) is 12.7. The van der Waals surface area contributed by atoms with E-state index >= 15 is 0 Å². The molecule has 0 aliphatic rings. The van der Waals surface area contributed by atoms with Gasteiger partial charge in [0.15, 0.2) is 0 Å². The first-order valence-electron chi connectivity index (χ1n) is 5.81. The minimum atomic E-state index is 0.841. The minimum absolute atomic E-state index is 0.841. The van der Waals surface area contributed by atoms with Crippen molar-refractivity contribution >= 4 is 6.08 Å². The monoisotopic (exact) mass is 235 g/mol. The highest BCUT2D eigenvalue weighted by Gasteiger charge is 2.02. The third-order valence-corrected chi connectivity index (χ3v) is 2.49. The number of ether oxygens (including phenoxy) is 2. The van der Waals surface area contributed by atoms with E-state index in [9.17, 15) is 0 Å². The zero-order valence-corrected chi connectivity index (χ0v) is 11.0. The van der Waals surface area contributed by atoms with E-state index in [1.54, 1.807) is 14.2 Å². The lowest BCUT2D eigenvalue weighted by atomic mass is 10.1. The molecule has 0 atom stereocenters. The third kappa shape index (κ3) is 4.11. The van der Waals surface area contributed by atoms with Gasteiger partial charge in [0, 0.05) is 12.1 Å². The molecule has 0 aliphatic heterocycles. The molecule has 0 aliphatic carbocycles. The fraction of sp³-hybridized carbons (Fsp3) is 0.429. The van der Waals surface area contributed by atoms with Gasteiger partial charge in [-0.25, -0.2) is 0 Å². The number of nitrogens with one attached hydrogen (secondary N) is 1. The summed E-state index contributed by atoms with van der Waals surface area (Å²) in [5, 5.41) is 3.29. The molecule has 3 heteroatoms. The molecule has 0 spiro atoms. The van der Waals surface area contributed by atoms with E-state index < -0.39 is 0 Å². The van der Waals surface area contributed by atoms with E-state index in [-0.39, 0.29) is 0 Å². The summed E-state index contributed by atoms with van der Waals surface area (Å²) in [6, 6.07) is 5.80. The summed E-state index contributed by atoms with van der Waals surface area (Å²) >= 11 is 0. The van der Waals surface area contributed by atoms with E-state index in [1.807, 2.05) is 18.2 Å². The van der Waals surface area contributed by atoms with Gasteiger partial charge in [-0.3, -0.25) is 0 Å². The highest BCUT2D eigenvalue weighted by molar-refractivity contribution is 5.61. The summed E-state index contributed by atoms with van der Waals surface area (Å²) < 4.78 is 10.5. The molecule has 3 nitrogen and oxygen atoms in total. The van der Waals surface area contributed by atoms with Crippen LogP contribution in [0.5, 0.6) is 11.5 Å². The molecule has 0 aromatic heterocycles. The van der Waals surface area contributed by atoms with Crippen LogP contribution in [0.2, 0.25) is 0 Å². The van der Waals surface area contributed by atoms with E-state index in [4.69, 9.17) is 9.47 Å². The fourth-order valence-corrected chi connectivity index (χ4v) is 1.59. The van der Waals surface area contributed by atoms with E-state index in [0.717, 1.165) is 30.2 Å². The van der Waals surface area contributed by atoms with Crippen molar-refractivity contribution < 1.29 is 9.47 Å². The second-order valence-electron chi connectivity index (χ2n) is 3.88. The Morgan fingerprint density at radius 3 is 2.65 bits per heavy atom. The van der Waals surface area contributed by atoms with Crippen molar-refractivity contribution in [3.63, 3.8) is 0 Å². The number of rotatable bonds is 6. The van der Waals surface area contributed by atoms with Gasteiger partial charge in [0.1, 0.15) is 11.5 Å². The largest absolute Gasteiger partial charge is 0.497 e. The standard InChI is InChI=1S/C14H21NO2/c1-5-15-10-11(2)8-12-9-13(16-3)6-7-14(12)17-4/h6-9,15H,5,10H2,1-4H3. The molecule has 1 aromatic rings. The molecule has 17 heavy (non-hydrogen) atoms. The summed E-state index contributed by atoms with van der Waals surface area (Å²) in [5.74, 6) is 1.70. The summed E-state index contributed by atoms with van der Waals surface area (Å²) in [7, 11) is 3.35. The van der Waals surface area contributed by atoms with Gasteiger partial charge in [0.25, 0.3) is 0 Å². The van der Waals surface area contributed by atoms with Gasteiger partial charge < -0.3 is 14.8 Å². The second-order valence-corrected chi connectivity index (χ2v) is 3.88. The van der Waals surface area contributed by atoms with E-state index in [2.05, 4.69) is 25.2 Å². The van der Waals surface area contributed by atoms with E-state index in [1.165, 1.54) is 5.57 Å². The highest BCUT2D eigenvalue weighted by atomic mass is 16.5. The molecule has 1 rings (SSSR count). The molecular formula is C14H21NO2. The Balaban J connectivity index is 2.93. The predicted molar refractivity (Wildman–Crippen MR) is 71.7 cm³/mol. The van der Waals surface area contributed by atoms with Gasteiger partial charge in [-0.1, -0.05) is 18.6 Å². The van der Waals surface area contributed by atoms with Crippen molar-refractivity contribution in [3.8, 4) is 11.5 Å². The molecule has 0 bridgehead atoms. The van der Waals surface area contributed by atoms with Crippen molar-refractivity contribution in [2.24, 2.45) is 0 Å². The lowest BCUT2D eigenvalue weighted by molar-refractivity contribution is 0.402. The molecule has 0 unspecified atom stereocenters. The number of methoxy groups -OCH3 is 2. The molecule has 94 valence electrons. The zero-order valence-electron chi connectivity index (χ0n) is 11.0. The van der Waals surface area contributed by atoms with Crippen LogP contribution < -0.4 is 14.8 Å². The first kappa shape index (κ1) is 13.6. The number of hydrogen-bond acceptors (Lipinski definition) is 3. The van der Waals surface area contributed by atoms with Crippen LogP contribution in [0, 0.1) is 0 Å². The minimum Gasteiger partial charge on any atom is -0.497 e. The summed E-state index contributed by atoms with van der Waals surface area (Å²) in [6.45, 7) is 6.05. The van der Waals surface area contributed by atoms with Crippen LogP contribution >= 0.6 is 0 Å². The smallest absolute Gasteiger partial charge is 0.126 e. The van der Waals surface area contributed by atoms with Crippen LogP contribution in [0.25, 0.3) is 6.08 Å². The Labute approximate surface area is 103 Å². The van der Waals surface area contributed by atoms with Crippen LogP contribution in [0.3, 0.4) is 0 Å². The fourth-order valence-electron chi connectivity index (χ4n) is 1.59. The van der Waals surface area contributed by atoms with Gasteiger partial charge in [0.05, 0.1) is 14.2 Å². The quantitative estimate of drug-likeness (QED) is 0.822. The van der Waals surface area contributed by atoms with Crippen molar-refractivity contribution in [2.45, 2.75) is 13.8 Å². The lowest BCUT2D eigenvalue weighted by Gasteiger charge is -2.09. The van der Waals surface area contributed by atoms with Crippen LogP contribution in [0.1, 0.15) is 19.4 Å². The van der Waals surface area contributed by atoms with Gasteiger partial charge >= 0.3 is 0 Å². The number of hydrogen-bond donors (Lipinski definition) is 1. The van der Waals surface area contributed by atoms with E-state index in [0.29, 0.717) is 0 Å². The number of benzene rings is 1. The van der Waals surface area contributed by atoms with Crippen LogP contribution in [0.15, 0.2) is 23.8 Å². The Kier molecular flexibility index (Phi) is 5.57. The molecular weight excluding hydrogens is 214 g/mol. The molecule has 0 heterocycles. The first-order chi connectivity index (χ1) is 8.21. The summed E-state index contributed by atoms with van der Waals surface area (Å²) in [4.78, 5) is 0. The molecule has 0 fully saturated rings. The number of likely N-dealkylation sites (N-methyl/N-ethyl adjacent to an activating group) is 1. The summed E-state index contributed by atoms with van der Waals surface area (Å²) in [6.07, 6.45) is 2.12. The van der Waals surface area contributed by atoms with Crippen molar-refractivity contribution in [1.82, 2.24) is 5.32 Å². The first-order valence-corrected chi connectivity index (χ1v) is 5.81. The van der Waals surface area contributed by atoms with Gasteiger partial charge in [-0.05, 0) is 31.7 Å². The Morgan fingerprint density at radius 2 is 2.06 bits per heavy atom. The maximum absolute atomic E-state index is 5.33. The maximum Gasteiger partial charge on any atom is 0.126 e. The topological polar surface area (TPSA) is 30.5 Å². The Morgan fingerprint density at radius 1 is 1.29 bits per heavy atom. The highest BCUT2D eigenvalue weighted by Crippen LogP contribution is 2.25. The van der Waals surface area contributed by atoms with Crippen molar-refractivity contribution in [3.05, 3.63) is 29.3 Å². The SMILES string of the molecule is CCNCC(C)=Cc1cc(OC)ccc1OC. The van der Waals surface area contributed by atoms with Crippen LogP contribution in [-0.4, -0.2) is 27.3 Å². The summed E-state index contributed by atoms with van der Waals surface area (Å²) in [5.41, 5.74) is 2.31. The normalized spacial score (nSPS) is 11.4. The lowest BCUT2D eigenvalue weighted by Crippen LogP contribution is -2.14. The molecule has 1 aromatic carbocycles. The Bertz CT molecular complexity index is 386. The molecule has 1 N–H and O–H groups in total. The average molecular weight is 235 g/mol. The molecule has 0 amide bonds.